The van der Waals surface area contributed by atoms with Crippen LogP contribution in [0, 0.1) is 5.92 Å². The first-order chi connectivity index (χ1) is 8.43. The van der Waals surface area contributed by atoms with E-state index < -0.39 is 0 Å². The fourth-order valence-corrected chi connectivity index (χ4v) is 2.87. The number of rotatable bonds is 6. The van der Waals surface area contributed by atoms with E-state index in [0.29, 0.717) is 12.1 Å². The quantitative estimate of drug-likeness (QED) is 0.786. The Hall–Kier alpha value is -0.0300. The molecule has 0 aromatic carbocycles. The molecular formula is C14H31Cl2N3O. The standard InChI is InChI=1S/C14H29N3O.2ClH/c1-10(2)17(11(3)4)9-8-16-14(18)12-6-5-7-13(12)15;;/h10-13H,5-9,15H2,1-4H3,(H,16,18);2*1H. The van der Waals surface area contributed by atoms with Crippen LogP contribution in [0.2, 0.25) is 0 Å². The van der Waals surface area contributed by atoms with Crippen LogP contribution in [0.15, 0.2) is 0 Å². The molecule has 0 aromatic heterocycles. The van der Waals surface area contributed by atoms with E-state index in [0.717, 1.165) is 32.4 Å². The van der Waals surface area contributed by atoms with Crippen molar-refractivity contribution < 1.29 is 4.79 Å². The maximum Gasteiger partial charge on any atom is 0.224 e. The third-order valence-electron chi connectivity index (χ3n) is 3.90. The highest BCUT2D eigenvalue weighted by atomic mass is 35.5. The van der Waals surface area contributed by atoms with Gasteiger partial charge in [0, 0.05) is 31.2 Å². The second-order valence-electron chi connectivity index (χ2n) is 5.92. The van der Waals surface area contributed by atoms with Crippen molar-refractivity contribution in [3.05, 3.63) is 0 Å². The Labute approximate surface area is 136 Å². The van der Waals surface area contributed by atoms with E-state index in [4.69, 9.17) is 5.73 Å². The zero-order valence-electron chi connectivity index (χ0n) is 13.1. The van der Waals surface area contributed by atoms with Crippen LogP contribution in [0.1, 0.15) is 47.0 Å². The molecule has 1 fully saturated rings. The second kappa shape index (κ2) is 10.7. The van der Waals surface area contributed by atoms with Gasteiger partial charge in [-0.2, -0.15) is 0 Å². The highest BCUT2D eigenvalue weighted by Gasteiger charge is 2.29. The largest absolute Gasteiger partial charge is 0.355 e. The van der Waals surface area contributed by atoms with Crippen LogP contribution in [-0.4, -0.2) is 42.0 Å². The molecule has 1 aliphatic rings. The number of carbonyl (C=O) groups excluding carboxylic acids is 1. The van der Waals surface area contributed by atoms with Gasteiger partial charge in [0.25, 0.3) is 0 Å². The van der Waals surface area contributed by atoms with Gasteiger partial charge >= 0.3 is 0 Å². The molecule has 0 aromatic rings. The van der Waals surface area contributed by atoms with Gasteiger partial charge in [0.1, 0.15) is 0 Å². The van der Waals surface area contributed by atoms with Gasteiger partial charge < -0.3 is 11.1 Å². The van der Waals surface area contributed by atoms with Crippen LogP contribution in [-0.2, 0) is 4.79 Å². The Morgan fingerprint density at radius 1 is 1.20 bits per heavy atom. The molecule has 122 valence electrons. The van der Waals surface area contributed by atoms with Crippen LogP contribution < -0.4 is 11.1 Å². The van der Waals surface area contributed by atoms with E-state index in [2.05, 4.69) is 37.9 Å². The number of halogens is 2. The van der Waals surface area contributed by atoms with Crippen molar-refractivity contribution >= 4 is 30.7 Å². The summed E-state index contributed by atoms with van der Waals surface area (Å²) in [5.74, 6) is 0.184. The van der Waals surface area contributed by atoms with Crippen molar-refractivity contribution in [3.63, 3.8) is 0 Å². The lowest BCUT2D eigenvalue weighted by atomic mass is 10.0. The van der Waals surface area contributed by atoms with Gasteiger partial charge in [-0.05, 0) is 40.5 Å². The summed E-state index contributed by atoms with van der Waals surface area (Å²) in [6.07, 6.45) is 3.02. The van der Waals surface area contributed by atoms with Crippen molar-refractivity contribution in [1.29, 1.82) is 0 Å². The molecule has 1 amide bonds. The Morgan fingerprint density at radius 3 is 2.15 bits per heavy atom. The normalized spacial score (nSPS) is 21.8. The Bertz CT molecular complexity index is 267. The van der Waals surface area contributed by atoms with Gasteiger partial charge in [0.2, 0.25) is 5.91 Å². The molecule has 0 aliphatic heterocycles. The van der Waals surface area contributed by atoms with Gasteiger partial charge in [-0.25, -0.2) is 0 Å². The summed E-state index contributed by atoms with van der Waals surface area (Å²) < 4.78 is 0. The summed E-state index contributed by atoms with van der Waals surface area (Å²) >= 11 is 0. The number of hydrogen-bond donors (Lipinski definition) is 2. The average Bonchev–Trinajstić information content (AvgIpc) is 2.69. The predicted molar refractivity (Wildman–Crippen MR) is 89.8 cm³/mol. The summed E-state index contributed by atoms with van der Waals surface area (Å²) in [6, 6.07) is 1.09. The summed E-state index contributed by atoms with van der Waals surface area (Å²) in [5, 5.41) is 3.03. The molecule has 3 N–H and O–H groups in total. The fourth-order valence-electron chi connectivity index (χ4n) is 2.87. The van der Waals surface area contributed by atoms with Crippen LogP contribution in [0.3, 0.4) is 0 Å². The molecule has 2 atom stereocenters. The Kier molecular flexibility index (Phi) is 11.9. The van der Waals surface area contributed by atoms with Crippen LogP contribution in [0.4, 0.5) is 0 Å². The molecule has 1 rings (SSSR count). The maximum atomic E-state index is 12.0. The minimum absolute atomic E-state index is 0. The highest BCUT2D eigenvalue weighted by Crippen LogP contribution is 2.23. The number of amides is 1. The number of nitrogens with two attached hydrogens (primary N) is 1. The van der Waals surface area contributed by atoms with E-state index in [1.807, 2.05) is 0 Å². The zero-order valence-corrected chi connectivity index (χ0v) is 14.7. The molecule has 6 heteroatoms. The fraction of sp³-hybridized carbons (Fsp3) is 0.929. The van der Waals surface area contributed by atoms with Crippen molar-refractivity contribution in [1.82, 2.24) is 10.2 Å². The first-order valence-electron chi connectivity index (χ1n) is 7.22. The lowest BCUT2D eigenvalue weighted by molar-refractivity contribution is -0.125. The van der Waals surface area contributed by atoms with Crippen molar-refractivity contribution in [3.8, 4) is 0 Å². The summed E-state index contributed by atoms with van der Waals surface area (Å²) in [5.41, 5.74) is 5.94. The van der Waals surface area contributed by atoms with Gasteiger partial charge in [-0.15, -0.1) is 24.8 Å². The van der Waals surface area contributed by atoms with Crippen LogP contribution in [0.5, 0.6) is 0 Å². The van der Waals surface area contributed by atoms with Gasteiger partial charge in [0.15, 0.2) is 0 Å². The first-order valence-corrected chi connectivity index (χ1v) is 7.22. The minimum Gasteiger partial charge on any atom is -0.355 e. The van der Waals surface area contributed by atoms with E-state index >= 15 is 0 Å². The van der Waals surface area contributed by atoms with Crippen LogP contribution in [0.25, 0.3) is 0 Å². The minimum atomic E-state index is 0. The smallest absolute Gasteiger partial charge is 0.224 e. The predicted octanol–water partition coefficient (Wildman–Crippen LogP) is 2.19. The monoisotopic (exact) mass is 327 g/mol. The molecule has 1 aliphatic carbocycles. The van der Waals surface area contributed by atoms with Gasteiger partial charge in [-0.1, -0.05) is 6.42 Å². The van der Waals surface area contributed by atoms with Crippen molar-refractivity contribution in [2.45, 2.75) is 65.1 Å². The Balaban J connectivity index is 0. The SMILES string of the molecule is CC(C)N(CCNC(=O)C1CCCC1N)C(C)C.Cl.Cl. The second-order valence-corrected chi connectivity index (χ2v) is 5.92. The number of nitrogens with zero attached hydrogens (tertiary/aromatic N) is 1. The molecule has 4 nitrogen and oxygen atoms in total. The molecule has 0 spiro atoms. The van der Waals surface area contributed by atoms with Crippen molar-refractivity contribution in [2.24, 2.45) is 11.7 Å². The third-order valence-corrected chi connectivity index (χ3v) is 3.90. The molecule has 0 heterocycles. The van der Waals surface area contributed by atoms with E-state index in [-0.39, 0.29) is 42.7 Å². The third kappa shape index (κ3) is 6.61. The van der Waals surface area contributed by atoms with Gasteiger partial charge in [0.05, 0.1) is 5.92 Å². The molecular weight excluding hydrogens is 297 g/mol. The summed E-state index contributed by atoms with van der Waals surface area (Å²) in [7, 11) is 0. The highest BCUT2D eigenvalue weighted by molar-refractivity contribution is 5.85. The van der Waals surface area contributed by atoms with Gasteiger partial charge in [-0.3, -0.25) is 9.69 Å². The number of carbonyl (C=O) groups is 1. The van der Waals surface area contributed by atoms with Crippen molar-refractivity contribution in [2.75, 3.05) is 13.1 Å². The average molecular weight is 328 g/mol. The lowest BCUT2D eigenvalue weighted by Crippen LogP contribution is -2.45. The number of hydrogen-bond acceptors (Lipinski definition) is 3. The molecule has 20 heavy (non-hydrogen) atoms. The number of nitrogens with one attached hydrogen (secondary N) is 1. The lowest BCUT2D eigenvalue weighted by Gasteiger charge is -2.30. The zero-order chi connectivity index (χ0) is 13.7. The molecule has 2 unspecified atom stereocenters. The molecule has 1 saturated carbocycles. The molecule has 0 bridgehead atoms. The summed E-state index contributed by atoms with van der Waals surface area (Å²) in [6.45, 7) is 10.4. The maximum absolute atomic E-state index is 12.0. The van der Waals surface area contributed by atoms with E-state index in [9.17, 15) is 4.79 Å². The van der Waals surface area contributed by atoms with E-state index in [1.165, 1.54) is 0 Å². The van der Waals surface area contributed by atoms with E-state index in [1.54, 1.807) is 0 Å². The molecule has 0 saturated heterocycles. The first kappa shape index (κ1) is 22.3. The molecule has 0 radical (unpaired) electrons. The van der Waals surface area contributed by atoms with Crippen LogP contribution >= 0.6 is 24.8 Å². The Morgan fingerprint density at radius 2 is 1.75 bits per heavy atom. The summed E-state index contributed by atoms with van der Waals surface area (Å²) in [4.78, 5) is 14.4. The topological polar surface area (TPSA) is 58.4 Å².